The summed E-state index contributed by atoms with van der Waals surface area (Å²) in [6.45, 7) is 0.865. The molecule has 0 saturated carbocycles. The molecule has 31 heavy (non-hydrogen) atoms. The number of methoxy groups -OCH3 is 1. The Balaban J connectivity index is 1.48. The van der Waals surface area contributed by atoms with Gasteiger partial charge < -0.3 is 13.9 Å². The summed E-state index contributed by atoms with van der Waals surface area (Å²) in [5.74, 6) is 0.774. The molecule has 0 spiro atoms. The predicted molar refractivity (Wildman–Crippen MR) is 117 cm³/mol. The minimum absolute atomic E-state index is 0.0829. The molecule has 160 valence electrons. The van der Waals surface area contributed by atoms with Crippen LogP contribution in [0.4, 0.5) is 0 Å². The summed E-state index contributed by atoms with van der Waals surface area (Å²) in [6.07, 6.45) is 4.29. The molecule has 2 bridgehead atoms. The van der Waals surface area contributed by atoms with Crippen LogP contribution in [0.25, 0.3) is 0 Å². The Labute approximate surface area is 182 Å². The molecule has 3 heterocycles. The van der Waals surface area contributed by atoms with Gasteiger partial charge in [0.15, 0.2) is 0 Å². The van der Waals surface area contributed by atoms with Crippen molar-refractivity contribution in [3.05, 3.63) is 89.9 Å². The number of rotatable bonds is 6. The maximum Gasteiger partial charge on any atom is 0.374 e. The van der Waals surface area contributed by atoms with E-state index in [-0.39, 0.29) is 23.8 Å². The first-order valence-electron chi connectivity index (χ1n) is 10.9. The van der Waals surface area contributed by atoms with E-state index >= 15 is 0 Å². The van der Waals surface area contributed by atoms with Gasteiger partial charge in [-0.1, -0.05) is 48.5 Å². The minimum Gasteiger partial charge on any atom is -0.496 e. The molecule has 5 rings (SSSR count). The van der Waals surface area contributed by atoms with Crippen molar-refractivity contribution in [2.75, 3.05) is 7.11 Å². The molecule has 0 N–H and O–H groups in total. The van der Waals surface area contributed by atoms with Crippen molar-refractivity contribution >= 4 is 5.97 Å². The number of carbonyl (C=O) groups excluding carboxylic acids is 1. The van der Waals surface area contributed by atoms with E-state index in [1.165, 1.54) is 11.8 Å². The van der Waals surface area contributed by atoms with E-state index in [9.17, 15) is 4.79 Å². The molecule has 2 fully saturated rings. The van der Waals surface area contributed by atoms with Crippen molar-refractivity contribution in [3.63, 3.8) is 0 Å². The molecule has 4 atom stereocenters. The van der Waals surface area contributed by atoms with Gasteiger partial charge in [-0.2, -0.15) is 0 Å². The summed E-state index contributed by atoms with van der Waals surface area (Å²) in [4.78, 5) is 15.4. The third kappa shape index (κ3) is 3.86. The van der Waals surface area contributed by atoms with Crippen LogP contribution in [0.3, 0.4) is 0 Å². The maximum absolute atomic E-state index is 12.9. The monoisotopic (exact) mass is 417 g/mol. The molecule has 0 unspecified atom stereocenters. The van der Waals surface area contributed by atoms with Gasteiger partial charge in [0.25, 0.3) is 0 Å². The number of piperidine rings is 1. The molecule has 5 nitrogen and oxygen atoms in total. The van der Waals surface area contributed by atoms with Gasteiger partial charge in [-0.3, -0.25) is 4.90 Å². The highest BCUT2D eigenvalue weighted by atomic mass is 16.6. The number of para-hydroxylation sites is 1. The zero-order valence-corrected chi connectivity index (χ0v) is 17.6. The summed E-state index contributed by atoms with van der Waals surface area (Å²) in [5, 5.41) is 0. The SMILES string of the molecule is COc1ccccc1[C@@H]1C[C@H]2CC[C@@H]([C@@H]1OC(=O)c1ccco1)N2Cc1ccccc1. The molecular weight excluding hydrogens is 390 g/mol. The highest BCUT2D eigenvalue weighted by Gasteiger charge is 2.50. The van der Waals surface area contributed by atoms with Crippen molar-refractivity contribution in [2.45, 2.75) is 49.9 Å². The third-order valence-corrected chi connectivity index (χ3v) is 6.70. The molecule has 0 aliphatic carbocycles. The van der Waals surface area contributed by atoms with Crippen LogP contribution in [0.15, 0.2) is 77.4 Å². The van der Waals surface area contributed by atoms with Crippen LogP contribution in [0.5, 0.6) is 5.75 Å². The summed E-state index contributed by atoms with van der Waals surface area (Å²) in [6, 6.07) is 22.6. The number of ether oxygens (including phenoxy) is 2. The van der Waals surface area contributed by atoms with Gasteiger partial charge >= 0.3 is 5.97 Å². The van der Waals surface area contributed by atoms with Crippen LogP contribution in [0, 0.1) is 0 Å². The lowest BCUT2D eigenvalue weighted by Gasteiger charge is -2.44. The van der Waals surface area contributed by atoms with Crippen molar-refractivity contribution in [2.24, 2.45) is 0 Å². The molecule has 2 aliphatic heterocycles. The Morgan fingerprint density at radius 2 is 1.84 bits per heavy atom. The van der Waals surface area contributed by atoms with Gasteiger partial charge in [0, 0.05) is 30.1 Å². The Bertz CT molecular complexity index is 1020. The van der Waals surface area contributed by atoms with Crippen molar-refractivity contribution in [3.8, 4) is 5.75 Å². The Kier molecular flexibility index (Phi) is 5.51. The second-order valence-electron chi connectivity index (χ2n) is 8.39. The zero-order chi connectivity index (χ0) is 21.2. The molecule has 1 aromatic heterocycles. The average molecular weight is 418 g/mol. The second-order valence-corrected chi connectivity index (χ2v) is 8.39. The van der Waals surface area contributed by atoms with E-state index in [0.29, 0.717) is 6.04 Å². The van der Waals surface area contributed by atoms with E-state index in [2.05, 4.69) is 35.2 Å². The number of hydrogen-bond acceptors (Lipinski definition) is 5. The molecular formula is C26H27NO4. The topological polar surface area (TPSA) is 51.9 Å². The number of fused-ring (bicyclic) bond motifs is 2. The van der Waals surface area contributed by atoms with E-state index in [1.54, 1.807) is 19.2 Å². The van der Waals surface area contributed by atoms with Gasteiger partial charge in [-0.25, -0.2) is 4.79 Å². The quantitative estimate of drug-likeness (QED) is 0.526. The lowest BCUT2D eigenvalue weighted by Crippen LogP contribution is -2.52. The smallest absolute Gasteiger partial charge is 0.374 e. The number of hydrogen-bond donors (Lipinski definition) is 0. The van der Waals surface area contributed by atoms with Gasteiger partial charge in [-0.15, -0.1) is 0 Å². The highest BCUT2D eigenvalue weighted by Crippen LogP contribution is 2.47. The fourth-order valence-corrected chi connectivity index (χ4v) is 5.32. The van der Waals surface area contributed by atoms with E-state index in [1.807, 2.05) is 24.3 Å². The molecule has 3 aromatic rings. The molecule has 5 heteroatoms. The van der Waals surface area contributed by atoms with Gasteiger partial charge in [-0.05, 0) is 43.0 Å². The molecule has 2 saturated heterocycles. The van der Waals surface area contributed by atoms with Gasteiger partial charge in [0.1, 0.15) is 11.9 Å². The normalized spacial score (nSPS) is 25.3. The van der Waals surface area contributed by atoms with Crippen LogP contribution in [-0.2, 0) is 11.3 Å². The van der Waals surface area contributed by atoms with Crippen molar-refractivity contribution in [1.82, 2.24) is 4.90 Å². The number of benzene rings is 2. The predicted octanol–water partition coefficient (Wildman–Crippen LogP) is 5.03. The standard InChI is InChI=1S/C26H27NO4/c1-29-23-11-6-5-10-20(23)21-16-19-13-14-22(27(19)17-18-8-3-2-4-9-18)25(21)31-26(28)24-12-7-15-30-24/h2-12,15,19,21-22,25H,13-14,16-17H2,1H3/t19-,21+,22+,25-/m1/s1. The first kappa shape index (κ1) is 19.9. The Morgan fingerprint density at radius 1 is 1.03 bits per heavy atom. The fraction of sp³-hybridized carbons (Fsp3) is 0.346. The van der Waals surface area contributed by atoms with E-state index < -0.39 is 5.97 Å². The van der Waals surface area contributed by atoms with Crippen LogP contribution in [-0.4, -0.2) is 36.2 Å². The number of esters is 1. The summed E-state index contributed by atoms with van der Waals surface area (Å²) in [7, 11) is 1.70. The summed E-state index contributed by atoms with van der Waals surface area (Å²) in [5.41, 5.74) is 2.39. The Hall–Kier alpha value is -3.05. The van der Waals surface area contributed by atoms with Crippen molar-refractivity contribution < 1.29 is 18.7 Å². The average Bonchev–Trinajstić information content (AvgIpc) is 3.44. The van der Waals surface area contributed by atoms with E-state index in [4.69, 9.17) is 13.9 Å². The molecule has 0 amide bonds. The molecule has 0 radical (unpaired) electrons. The number of furan rings is 1. The molecule has 2 aliphatic rings. The third-order valence-electron chi connectivity index (χ3n) is 6.70. The van der Waals surface area contributed by atoms with Crippen LogP contribution < -0.4 is 4.74 Å². The Morgan fingerprint density at radius 3 is 2.61 bits per heavy atom. The fourth-order valence-electron chi connectivity index (χ4n) is 5.32. The largest absolute Gasteiger partial charge is 0.496 e. The highest BCUT2D eigenvalue weighted by molar-refractivity contribution is 5.86. The van der Waals surface area contributed by atoms with E-state index in [0.717, 1.165) is 37.1 Å². The lowest BCUT2D eigenvalue weighted by molar-refractivity contribution is -0.0364. The van der Waals surface area contributed by atoms with Crippen LogP contribution in [0.1, 0.15) is 46.9 Å². The number of carbonyl (C=O) groups is 1. The zero-order valence-electron chi connectivity index (χ0n) is 17.6. The van der Waals surface area contributed by atoms with Crippen LogP contribution >= 0.6 is 0 Å². The first-order valence-corrected chi connectivity index (χ1v) is 10.9. The van der Waals surface area contributed by atoms with Crippen molar-refractivity contribution in [1.29, 1.82) is 0 Å². The summed E-state index contributed by atoms with van der Waals surface area (Å²) >= 11 is 0. The minimum atomic E-state index is -0.403. The first-order chi connectivity index (χ1) is 15.2. The lowest BCUT2D eigenvalue weighted by atomic mass is 9.81. The number of nitrogens with zero attached hydrogens (tertiary/aromatic N) is 1. The maximum atomic E-state index is 12.9. The second kappa shape index (κ2) is 8.60. The summed E-state index contributed by atoms with van der Waals surface area (Å²) < 4.78 is 17.1. The van der Waals surface area contributed by atoms with Gasteiger partial charge in [0.2, 0.25) is 5.76 Å². The van der Waals surface area contributed by atoms with Gasteiger partial charge in [0.05, 0.1) is 13.4 Å². The molecule has 2 aromatic carbocycles. The van der Waals surface area contributed by atoms with Crippen LogP contribution in [0.2, 0.25) is 0 Å².